The summed E-state index contributed by atoms with van der Waals surface area (Å²) in [5, 5.41) is 5.00. The lowest BCUT2D eigenvalue weighted by atomic mass is 10.0. The molecule has 0 bridgehead atoms. The molecule has 8 rings (SSSR count). The molecular formula is C40H28N2. The fourth-order valence-corrected chi connectivity index (χ4v) is 6.22. The molecule has 1 heterocycles. The number of benzene rings is 7. The highest BCUT2D eigenvalue weighted by Crippen LogP contribution is 2.42. The summed E-state index contributed by atoms with van der Waals surface area (Å²) in [6.07, 6.45) is 0. The number of nitrogens with zero attached hydrogens (tertiary/aromatic N) is 2. The van der Waals surface area contributed by atoms with Gasteiger partial charge in [0.05, 0.1) is 16.7 Å². The summed E-state index contributed by atoms with van der Waals surface area (Å²) in [6.45, 7) is 0. The fourth-order valence-electron chi connectivity index (χ4n) is 6.22. The predicted octanol–water partition coefficient (Wildman–Crippen LogP) is 11.1. The minimum Gasteiger partial charge on any atom is -0.310 e. The Labute approximate surface area is 245 Å². The van der Waals surface area contributed by atoms with E-state index in [-0.39, 0.29) is 0 Å². The van der Waals surface area contributed by atoms with Crippen LogP contribution >= 0.6 is 0 Å². The Bertz CT molecular complexity index is 2140. The summed E-state index contributed by atoms with van der Waals surface area (Å²) < 4.78 is 2.37. The molecule has 0 unspecified atom stereocenters. The summed E-state index contributed by atoms with van der Waals surface area (Å²) in [5.74, 6) is 0. The van der Waals surface area contributed by atoms with Gasteiger partial charge in [-0.15, -0.1) is 0 Å². The van der Waals surface area contributed by atoms with Gasteiger partial charge < -0.3 is 9.47 Å². The van der Waals surface area contributed by atoms with Gasteiger partial charge in [0.25, 0.3) is 0 Å². The van der Waals surface area contributed by atoms with Gasteiger partial charge in [0.2, 0.25) is 0 Å². The van der Waals surface area contributed by atoms with E-state index in [9.17, 15) is 0 Å². The molecule has 1 aromatic heterocycles. The molecule has 198 valence electrons. The van der Waals surface area contributed by atoms with Crippen LogP contribution in [0.1, 0.15) is 0 Å². The van der Waals surface area contributed by atoms with E-state index in [4.69, 9.17) is 0 Å². The minimum atomic E-state index is 1.11. The Balaban J connectivity index is 1.32. The van der Waals surface area contributed by atoms with E-state index >= 15 is 0 Å². The molecule has 0 aliphatic heterocycles. The third-order valence-electron chi connectivity index (χ3n) is 8.17. The zero-order valence-electron chi connectivity index (χ0n) is 23.1. The van der Waals surface area contributed by atoms with Crippen LogP contribution in [0.4, 0.5) is 17.1 Å². The summed E-state index contributed by atoms with van der Waals surface area (Å²) in [5.41, 5.74) is 9.34. The topological polar surface area (TPSA) is 8.17 Å². The lowest BCUT2D eigenvalue weighted by molar-refractivity contribution is 1.17. The smallest absolute Gasteiger partial charge is 0.0541 e. The first-order valence-electron chi connectivity index (χ1n) is 14.4. The molecule has 0 spiro atoms. The Kier molecular flexibility index (Phi) is 5.82. The number of aromatic nitrogens is 1. The van der Waals surface area contributed by atoms with E-state index < -0.39 is 0 Å². The van der Waals surface area contributed by atoms with Gasteiger partial charge in [-0.05, 0) is 70.9 Å². The van der Waals surface area contributed by atoms with Crippen molar-refractivity contribution in [3.05, 3.63) is 170 Å². The molecule has 0 saturated carbocycles. The van der Waals surface area contributed by atoms with Crippen molar-refractivity contribution in [2.24, 2.45) is 0 Å². The average Bonchev–Trinajstić information content (AvgIpc) is 3.40. The summed E-state index contributed by atoms with van der Waals surface area (Å²) in [6, 6.07) is 60.9. The first-order valence-corrected chi connectivity index (χ1v) is 14.4. The van der Waals surface area contributed by atoms with E-state index in [2.05, 4.69) is 179 Å². The quantitative estimate of drug-likeness (QED) is 0.212. The SMILES string of the molecule is c1ccc(-c2ccccc2N(c2ccc(-n3c4ccccc4c4ccccc43)cc2)c2ccc3ccccc3c2)cc1. The second-order valence-corrected chi connectivity index (χ2v) is 10.6. The number of para-hydroxylation sites is 3. The molecule has 0 radical (unpaired) electrons. The minimum absolute atomic E-state index is 1.11. The van der Waals surface area contributed by atoms with E-state index in [0.29, 0.717) is 0 Å². The zero-order valence-corrected chi connectivity index (χ0v) is 23.1. The van der Waals surface area contributed by atoms with E-state index in [0.717, 1.165) is 22.7 Å². The van der Waals surface area contributed by atoms with Crippen molar-refractivity contribution in [1.82, 2.24) is 4.57 Å². The molecule has 8 aromatic rings. The van der Waals surface area contributed by atoms with Crippen molar-refractivity contribution in [2.75, 3.05) is 4.90 Å². The van der Waals surface area contributed by atoms with Crippen molar-refractivity contribution < 1.29 is 0 Å². The number of fused-ring (bicyclic) bond motifs is 4. The molecule has 0 atom stereocenters. The molecule has 0 amide bonds. The van der Waals surface area contributed by atoms with Crippen molar-refractivity contribution in [3.8, 4) is 16.8 Å². The van der Waals surface area contributed by atoms with Crippen molar-refractivity contribution in [1.29, 1.82) is 0 Å². The normalized spacial score (nSPS) is 11.3. The zero-order chi connectivity index (χ0) is 27.9. The molecule has 42 heavy (non-hydrogen) atoms. The molecular weight excluding hydrogens is 508 g/mol. The maximum atomic E-state index is 2.38. The fraction of sp³-hybridized carbons (Fsp3) is 0. The third-order valence-corrected chi connectivity index (χ3v) is 8.17. The van der Waals surface area contributed by atoms with Gasteiger partial charge in [0, 0.05) is 33.4 Å². The Morgan fingerprint density at radius 1 is 0.405 bits per heavy atom. The first kappa shape index (κ1) is 24.2. The van der Waals surface area contributed by atoms with Crippen molar-refractivity contribution in [3.63, 3.8) is 0 Å². The molecule has 0 aliphatic rings. The van der Waals surface area contributed by atoms with Crippen LogP contribution < -0.4 is 4.90 Å². The molecule has 7 aromatic carbocycles. The van der Waals surface area contributed by atoms with Gasteiger partial charge in [0.1, 0.15) is 0 Å². The molecule has 0 aliphatic carbocycles. The maximum absolute atomic E-state index is 2.38. The van der Waals surface area contributed by atoms with Crippen molar-refractivity contribution in [2.45, 2.75) is 0 Å². The van der Waals surface area contributed by atoms with E-state index in [1.165, 1.54) is 43.7 Å². The first-order chi connectivity index (χ1) is 20.8. The van der Waals surface area contributed by atoms with Gasteiger partial charge in [-0.25, -0.2) is 0 Å². The van der Waals surface area contributed by atoms with Gasteiger partial charge in [0.15, 0.2) is 0 Å². The van der Waals surface area contributed by atoms with E-state index in [1.807, 2.05) is 0 Å². The van der Waals surface area contributed by atoms with Gasteiger partial charge in [-0.1, -0.05) is 115 Å². The van der Waals surface area contributed by atoms with Gasteiger partial charge in [-0.3, -0.25) is 0 Å². The maximum Gasteiger partial charge on any atom is 0.0541 e. The van der Waals surface area contributed by atoms with Crippen LogP contribution in [0, 0.1) is 0 Å². The van der Waals surface area contributed by atoms with Crippen LogP contribution in [0.25, 0.3) is 49.4 Å². The second-order valence-electron chi connectivity index (χ2n) is 10.6. The number of hydrogen-bond acceptors (Lipinski definition) is 1. The van der Waals surface area contributed by atoms with Crippen molar-refractivity contribution >= 4 is 49.6 Å². The highest BCUT2D eigenvalue weighted by atomic mass is 15.1. The lowest BCUT2D eigenvalue weighted by Crippen LogP contribution is -2.11. The lowest BCUT2D eigenvalue weighted by Gasteiger charge is -2.28. The van der Waals surface area contributed by atoms with Crippen LogP contribution in [0.3, 0.4) is 0 Å². The molecule has 0 fully saturated rings. The summed E-state index contributed by atoms with van der Waals surface area (Å²) in [4.78, 5) is 2.38. The van der Waals surface area contributed by atoms with Crippen LogP contribution in [0.15, 0.2) is 170 Å². The third kappa shape index (κ3) is 4.05. The molecule has 2 nitrogen and oxygen atoms in total. The molecule has 2 heteroatoms. The Morgan fingerprint density at radius 3 is 1.71 bits per heavy atom. The molecule has 0 saturated heterocycles. The Hall–Kier alpha value is -5.60. The molecule has 0 N–H and O–H groups in total. The second kappa shape index (κ2) is 10.1. The number of anilines is 3. The highest BCUT2D eigenvalue weighted by molar-refractivity contribution is 6.09. The Morgan fingerprint density at radius 2 is 0.976 bits per heavy atom. The van der Waals surface area contributed by atoms with Crippen LogP contribution in [-0.2, 0) is 0 Å². The summed E-state index contributed by atoms with van der Waals surface area (Å²) in [7, 11) is 0. The number of hydrogen-bond donors (Lipinski definition) is 0. The highest BCUT2D eigenvalue weighted by Gasteiger charge is 2.18. The number of rotatable bonds is 5. The monoisotopic (exact) mass is 536 g/mol. The largest absolute Gasteiger partial charge is 0.310 e. The van der Waals surface area contributed by atoms with Gasteiger partial charge >= 0.3 is 0 Å². The predicted molar refractivity (Wildman–Crippen MR) is 178 cm³/mol. The average molecular weight is 537 g/mol. The van der Waals surface area contributed by atoms with Crippen LogP contribution in [-0.4, -0.2) is 4.57 Å². The summed E-state index contributed by atoms with van der Waals surface area (Å²) >= 11 is 0. The van der Waals surface area contributed by atoms with Gasteiger partial charge in [-0.2, -0.15) is 0 Å². The van der Waals surface area contributed by atoms with Crippen LogP contribution in [0.2, 0.25) is 0 Å². The van der Waals surface area contributed by atoms with Crippen LogP contribution in [0.5, 0.6) is 0 Å². The van der Waals surface area contributed by atoms with E-state index in [1.54, 1.807) is 0 Å². The standard InChI is InChI=1S/C40H28N2/c1-2-13-30(14-3-1)35-16-6-9-19-38(35)41(34-23-22-29-12-4-5-15-31(29)28-34)32-24-26-33(27-25-32)42-39-20-10-7-17-36(39)37-18-8-11-21-40(37)42/h1-28H.